The highest BCUT2D eigenvalue weighted by atomic mass is 16.3. The van der Waals surface area contributed by atoms with Crippen molar-refractivity contribution in [1.82, 2.24) is 14.8 Å². The Hall–Kier alpha value is -2.14. The van der Waals surface area contributed by atoms with Crippen LogP contribution in [0, 0.1) is 11.8 Å². The van der Waals surface area contributed by atoms with Crippen LogP contribution >= 0.6 is 0 Å². The van der Waals surface area contributed by atoms with Crippen LogP contribution in [0.5, 0.6) is 0 Å². The van der Waals surface area contributed by atoms with Crippen LogP contribution in [0.3, 0.4) is 0 Å². The van der Waals surface area contributed by atoms with Gasteiger partial charge in [-0.05, 0) is 48.6 Å². The second-order valence-corrected chi connectivity index (χ2v) is 6.62. The SMILES string of the molecule is O=C(c1ccoc1)N1C[C@H]2CCN(Cc3ccncc3)C[C@H]2C1. The Morgan fingerprint density at radius 3 is 2.78 bits per heavy atom. The molecule has 0 bridgehead atoms. The van der Waals surface area contributed by atoms with Crippen molar-refractivity contribution in [3.8, 4) is 0 Å². The molecule has 2 aromatic heterocycles. The van der Waals surface area contributed by atoms with Gasteiger partial charge in [0.25, 0.3) is 5.91 Å². The number of carbonyl (C=O) groups excluding carboxylic acids is 1. The fourth-order valence-corrected chi connectivity index (χ4v) is 3.87. The number of nitrogens with zero attached hydrogens (tertiary/aromatic N) is 3. The Bertz CT molecular complexity index is 656. The summed E-state index contributed by atoms with van der Waals surface area (Å²) in [5.41, 5.74) is 1.97. The predicted molar refractivity (Wildman–Crippen MR) is 85.7 cm³/mol. The maximum Gasteiger partial charge on any atom is 0.257 e. The molecule has 2 aliphatic heterocycles. The molecule has 2 fully saturated rings. The van der Waals surface area contributed by atoms with Crippen LogP contribution in [-0.4, -0.2) is 46.9 Å². The van der Waals surface area contributed by atoms with Crippen molar-refractivity contribution in [3.05, 3.63) is 54.2 Å². The van der Waals surface area contributed by atoms with Gasteiger partial charge < -0.3 is 9.32 Å². The van der Waals surface area contributed by atoms with Crippen molar-refractivity contribution >= 4 is 5.91 Å². The summed E-state index contributed by atoms with van der Waals surface area (Å²) in [6, 6.07) is 5.91. The number of hydrogen-bond donors (Lipinski definition) is 0. The molecule has 23 heavy (non-hydrogen) atoms. The Morgan fingerprint density at radius 1 is 1.17 bits per heavy atom. The highest BCUT2D eigenvalue weighted by Gasteiger charge is 2.39. The smallest absolute Gasteiger partial charge is 0.257 e. The van der Waals surface area contributed by atoms with E-state index >= 15 is 0 Å². The lowest BCUT2D eigenvalue weighted by Crippen LogP contribution is -2.39. The number of furan rings is 1. The number of fused-ring (bicyclic) bond motifs is 1. The molecular formula is C18H21N3O2. The van der Waals surface area contributed by atoms with Crippen molar-refractivity contribution in [2.24, 2.45) is 11.8 Å². The van der Waals surface area contributed by atoms with Crippen molar-refractivity contribution in [1.29, 1.82) is 0 Å². The average Bonchev–Trinajstić information content (AvgIpc) is 3.24. The number of hydrogen-bond acceptors (Lipinski definition) is 4. The average molecular weight is 311 g/mol. The summed E-state index contributed by atoms with van der Waals surface area (Å²) < 4.78 is 5.04. The second-order valence-electron chi connectivity index (χ2n) is 6.62. The third kappa shape index (κ3) is 3.01. The van der Waals surface area contributed by atoms with Gasteiger partial charge in [0.1, 0.15) is 6.26 Å². The van der Waals surface area contributed by atoms with Crippen molar-refractivity contribution in [2.75, 3.05) is 26.2 Å². The molecule has 0 spiro atoms. The van der Waals surface area contributed by atoms with Crippen LogP contribution in [-0.2, 0) is 6.54 Å². The first-order valence-corrected chi connectivity index (χ1v) is 8.22. The topological polar surface area (TPSA) is 49.6 Å². The summed E-state index contributed by atoms with van der Waals surface area (Å²) in [4.78, 5) is 21.0. The predicted octanol–water partition coefficient (Wildman–Crippen LogP) is 2.27. The van der Waals surface area contributed by atoms with Gasteiger partial charge in [-0.2, -0.15) is 0 Å². The number of rotatable bonds is 3. The number of likely N-dealkylation sites (tertiary alicyclic amines) is 2. The lowest BCUT2D eigenvalue weighted by Gasteiger charge is -2.34. The van der Waals surface area contributed by atoms with Gasteiger partial charge in [0, 0.05) is 38.6 Å². The number of aromatic nitrogens is 1. The number of carbonyl (C=O) groups is 1. The summed E-state index contributed by atoms with van der Waals surface area (Å²) in [6.45, 7) is 4.90. The van der Waals surface area contributed by atoms with E-state index in [4.69, 9.17) is 4.42 Å². The maximum atomic E-state index is 12.5. The molecule has 4 heterocycles. The van der Waals surface area contributed by atoms with Crippen LogP contribution in [0.1, 0.15) is 22.3 Å². The molecule has 5 nitrogen and oxygen atoms in total. The molecular weight excluding hydrogens is 290 g/mol. The van der Waals surface area contributed by atoms with E-state index in [1.54, 1.807) is 18.6 Å². The lowest BCUT2D eigenvalue weighted by molar-refractivity contribution is 0.0783. The zero-order chi connectivity index (χ0) is 15.6. The van der Waals surface area contributed by atoms with Gasteiger partial charge in [0.2, 0.25) is 0 Å². The minimum absolute atomic E-state index is 0.105. The van der Waals surface area contributed by atoms with Crippen LogP contribution in [0.2, 0.25) is 0 Å². The summed E-state index contributed by atoms with van der Waals surface area (Å²) in [6.07, 6.45) is 7.98. The van der Waals surface area contributed by atoms with Gasteiger partial charge >= 0.3 is 0 Å². The monoisotopic (exact) mass is 311 g/mol. The largest absolute Gasteiger partial charge is 0.472 e. The minimum Gasteiger partial charge on any atom is -0.472 e. The number of amides is 1. The standard InChI is InChI=1S/C18H21N3O2/c22-18(16-4-8-23-13-16)21-11-15-3-7-20(10-17(15)12-21)9-14-1-5-19-6-2-14/h1-2,4-6,8,13,15,17H,3,7,9-12H2/t15-,17+/m1/s1. The maximum absolute atomic E-state index is 12.5. The number of pyridine rings is 1. The molecule has 2 atom stereocenters. The number of piperidine rings is 1. The zero-order valence-corrected chi connectivity index (χ0v) is 13.1. The molecule has 0 aromatic carbocycles. The van der Waals surface area contributed by atoms with Crippen molar-refractivity contribution in [2.45, 2.75) is 13.0 Å². The summed E-state index contributed by atoms with van der Waals surface area (Å²) in [7, 11) is 0. The Labute approximate surface area is 135 Å². The normalized spacial score (nSPS) is 24.6. The van der Waals surface area contributed by atoms with Gasteiger partial charge in [-0.25, -0.2) is 0 Å². The molecule has 2 aromatic rings. The quantitative estimate of drug-likeness (QED) is 0.872. The van der Waals surface area contributed by atoms with Crippen LogP contribution in [0.25, 0.3) is 0 Å². The summed E-state index contributed by atoms with van der Waals surface area (Å²) >= 11 is 0. The summed E-state index contributed by atoms with van der Waals surface area (Å²) in [5.74, 6) is 1.33. The van der Waals surface area contributed by atoms with Gasteiger partial charge in [0.15, 0.2) is 0 Å². The van der Waals surface area contributed by atoms with Gasteiger partial charge in [-0.3, -0.25) is 14.7 Å². The molecule has 4 rings (SSSR count). The zero-order valence-electron chi connectivity index (χ0n) is 13.1. The molecule has 120 valence electrons. The molecule has 1 amide bonds. The molecule has 0 unspecified atom stereocenters. The molecule has 2 aliphatic rings. The van der Waals surface area contributed by atoms with Gasteiger partial charge in [0.05, 0.1) is 11.8 Å². The summed E-state index contributed by atoms with van der Waals surface area (Å²) in [5, 5.41) is 0. The molecule has 0 saturated carbocycles. The highest BCUT2D eigenvalue weighted by Crippen LogP contribution is 2.32. The van der Waals surface area contributed by atoms with Crippen molar-refractivity contribution in [3.63, 3.8) is 0 Å². The highest BCUT2D eigenvalue weighted by molar-refractivity contribution is 5.94. The van der Waals surface area contributed by atoms with Crippen LogP contribution in [0.15, 0.2) is 47.5 Å². The van der Waals surface area contributed by atoms with E-state index in [9.17, 15) is 4.79 Å². The second kappa shape index (κ2) is 6.16. The van der Waals surface area contributed by atoms with Gasteiger partial charge in [-0.15, -0.1) is 0 Å². The molecule has 5 heteroatoms. The third-order valence-electron chi connectivity index (χ3n) is 5.10. The first kappa shape index (κ1) is 14.5. The third-order valence-corrected chi connectivity index (χ3v) is 5.10. The first-order valence-electron chi connectivity index (χ1n) is 8.22. The fourth-order valence-electron chi connectivity index (χ4n) is 3.87. The molecule has 0 N–H and O–H groups in total. The minimum atomic E-state index is 0.105. The van der Waals surface area contributed by atoms with Gasteiger partial charge in [-0.1, -0.05) is 0 Å². The van der Waals surface area contributed by atoms with E-state index in [-0.39, 0.29) is 5.91 Å². The van der Waals surface area contributed by atoms with E-state index in [1.165, 1.54) is 12.0 Å². The Kier molecular flexibility index (Phi) is 3.87. The molecule has 0 radical (unpaired) electrons. The van der Waals surface area contributed by atoms with E-state index in [2.05, 4.69) is 22.0 Å². The Morgan fingerprint density at radius 2 is 2.00 bits per heavy atom. The molecule has 2 saturated heterocycles. The lowest BCUT2D eigenvalue weighted by atomic mass is 9.88. The first-order chi connectivity index (χ1) is 11.3. The Balaban J connectivity index is 1.38. The molecule has 0 aliphatic carbocycles. The van der Waals surface area contributed by atoms with Crippen LogP contribution in [0.4, 0.5) is 0 Å². The van der Waals surface area contributed by atoms with Crippen LogP contribution < -0.4 is 0 Å². The van der Waals surface area contributed by atoms with E-state index in [0.717, 1.165) is 32.7 Å². The van der Waals surface area contributed by atoms with E-state index < -0.39 is 0 Å². The fraction of sp³-hybridized carbons (Fsp3) is 0.444. The van der Waals surface area contributed by atoms with Crippen molar-refractivity contribution < 1.29 is 9.21 Å². The van der Waals surface area contributed by atoms with E-state index in [1.807, 2.05) is 17.3 Å². The van der Waals surface area contributed by atoms with E-state index in [0.29, 0.717) is 17.4 Å².